The Labute approximate surface area is 149 Å². The van der Waals surface area contributed by atoms with E-state index in [1.807, 2.05) is 5.83 Å². The predicted octanol–water partition coefficient (Wildman–Crippen LogP) is 4.60. The number of carbonyl (C=O) groups is 1. The Bertz CT molecular complexity index is 674. The van der Waals surface area contributed by atoms with E-state index in [1.165, 1.54) is 0 Å². The molecule has 124 valence electrons. The molecule has 0 saturated heterocycles. The molecule has 0 aliphatic heterocycles. The van der Waals surface area contributed by atoms with Gasteiger partial charge in [-0.2, -0.15) is 0 Å². The van der Waals surface area contributed by atoms with Crippen LogP contribution >= 0.6 is 39.1 Å². The summed E-state index contributed by atoms with van der Waals surface area (Å²) in [5.41, 5.74) is -3.21. The second kappa shape index (κ2) is 8.06. The summed E-state index contributed by atoms with van der Waals surface area (Å²) in [6.07, 6.45) is 0. The summed E-state index contributed by atoms with van der Waals surface area (Å²) in [7, 11) is 0. The molecule has 2 rings (SSSR count). The highest BCUT2D eigenvalue weighted by Gasteiger charge is 2.41. The molecule has 23 heavy (non-hydrogen) atoms. The van der Waals surface area contributed by atoms with Crippen LogP contribution in [-0.4, -0.2) is 22.0 Å². The van der Waals surface area contributed by atoms with Crippen molar-refractivity contribution in [3.8, 4) is 0 Å². The van der Waals surface area contributed by atoms with Crippen LogP contribution in [0.5, 0.6) is 0 Å². The number of carboxylic acids is 1. The highest BCUT2D eigenvalue weighted by atomic mass is 79.9. The predicted molar refractivity (Wildman–Crippen MR) is 88.3 cm³/mol. The van der Waals surface area contributed by atoms with Gasteiger partial charge in [0, 0.05) is 11.1 Å². The van der Waals surface area contributed by atoms with Crippen LogP contribution in [0.3, 0.4) is 0 Å². The number of hydrogen-bond donors (Lipinski definition) is 2. The summed E-state index contributed by atoms with van der Waals surface area (Å²) in [4.78, 5) is 11.5. The van der Waals surface area contributed by atoms with Gasteiger partial charge in [-0.3, -0.25) is 0 Å². The second-order valence-electron chi connectivity index (χ2n) is 4.27. The van der Waals surface area contributed by atoms with Crippen LogP contribution in [0.15, 0.2) is 36.4 Å². The van der Waals surface area contributed by atoms with E-state index < -0.39 is 23.2 Å². The molecule has 2 N–H and O–H groups in total. The normalized spacial score (nSPS) is 10.7. The summed E-state index contributed by atoms with van der Waals surface area (Å²) in [6, 6.07) is 6.06. The van der Waals surface area contributed by atoms with Crippen LogP contribution in [-0.2, 0) is 10.4 Å². The van der Waals surface area contributed by atoms with Gasteiger partial charge in [-0.15, -0.1) is 0 Å². The van der Waals surface area contributed by atoms with Crippen molar-refractivity contribution in [1.82, 2.24) is 0 Å². The molecular weight excluding hydrogens is 417 g/mol. The zero-order valence-corrected chi connectivity index (χ0v) is 14.8. The fourth-order valence-electron chi connectivity index (χ4n) is 1.86. The molecule has 0 unspecified atom stereocenters. The lowest BCUT2D eigenvalue weighted by molar-refractivity contribution is -0.155. The maximum atomic E-state index is 13.5. The molecule has 0 aliphatic rings. The molecule has 0 heterocycles. The SMILES string of the molecule is CBr.O=C(O)C(O)(c1ccc(Cl)c(F)c1)c1ccc(Cl)c(F)c1. The maximum Gasteiger partial charge on any atom is 0.345 e. The number of halogens is 5. The van der Waals surface area contributed by atoms with Crippen LogP contribution in [0.2, 0.25) is 10.0 Å². The third kappa shape index (κ3) is 4.01. The van der Waals surface area contributed by atoms with Crippen molar-refractivity contribution in [3.63, 3.8) is 0 Å². The fourth-order valence-corrected chi connectivity index (χ4v) is 2.09. The van der Waals surface area contributed by atoms with E-state index in [0.29, 0.717) is 0 Å². The van der Waals surface area contributed by atoms with Gasteiger partial charge in [-0.25, -0.2) is 13.6 Å². The maximum absolute atomic E-state index is 13.5. The smallest absolute Gasteiger partial charge is 0.345 e. The van der Waals surface area contributed by atoms with Gasteiger partial charge >= 0.3 is 5.97 Å². The van der Waals surface area contributed by atoms with Gasteiger partial charge in [-0.1, -0.05) is 51.3 Å². The van der Waals surface area contributed by atoms with Crippen molar-refractivity contribution in [3.05, 3.63) is 69.2 Å². The molecule has 0 amide bonds. The summed E-state index contributed by atoms with van der Waals surface area (Å²) in [6.45, 7) is 0. The van der Waals surface area contributed by atoms with Crippen molar-refractivity contribution in [2.45, 2.75) is 5.60 Å². The first kappa shape index (κ1) is 19.8. The first-order valence-electron chi connectivity index (χ1n) is 6.01. The quantitative estimate of drug-likeness (QED) is 0.703. The van der Waals surface area contributed by atoms with Crippen LogP contribution in [0.1, 0.15) is 11.1 Å². The molecule has 0 aromatic heterocycles. The summed E-state index contributed by atoms with van der Waals surface area (Å²) in [5.74, 6) is -1.68. The average Bonchev–Trinajstić information content (AvgIpc) is 2.53. The highest BCUT2D eigenvalue weighted by molar-refractivity contribution is 9.08. The first-order valence-corrected chi connectivity index (χ1v) is 8.35. The van der Waals surface area contributed by atoms with Crippen molar-refractivity contribution in [2.75, 3.05) is 5.83 Å². The van der Waals surface area contributed by atoms with E-state index in [9.17, 15) is 23.8 Å². The lowest BCUT2D eigenvalue weighted by atomic mass is 9.86. The van der Waals surface area contributed by atoms with Gasteiger partial charge in [0.05, 0.1) is 10.0 Å². The van der Waals surface area contributed by atoms with E-state index in [0.717, 1.165) is 36.4 Å². The van der Waals surface area contributed by atoms with Gasteiger partial charge in [0.2, 0.25) is 5.60 Å². The number of carboxylic acid groups (broad SMARTS) is 1. The van der Waals surface area contributed by atoms with E-state index in [4.69, 9.17) is 23.2 Å². The van der Waals surface area contributed by atoms with Gasteiger partial charge in [0.25, 0.3) is 0 Å². The Morgan fingerprint density at radius 2 is 1.35 bits per heavy atom. The molecule has 3 nitrogen and oxygen atoms in total. The number of benzene rings is 2. The molecule has 0 fully saturated rings. The lowest BCUT2D eigenvalue weighted by Gasteiger charge is -2.24. The lowest BCUT2D eigenvalue weighted by Crippen LogP contribution is -2.37. The van der Waals surface area contributed by atoms with Gasteiger partial charge in [0.1, 0.15) is 11.6 Å². The van der Waals surface area contributed by atoms with E-state index >= 15 is 0 Å². The Balaban J connectivity index is 0.00000127. The summed E-state index contributed by atoms with van der Waals surface area (Å²) < 4.78 is 27.0. The fraction of sp³-hybridized carbons (Fsp3) is 0.133. The molecule has 0 saturated carbocycles. The van der Waals surface area contributed by atoms with Crippen LogP contribution in [0, 0.1) is 11.6 Å². The number of alkyl halides is 1. The molecule has 0 aliphatic carbocycles. The zero-order valence-electron chi connectivity index (χ0n) is 11.7. The topological polar surface area (TPSA) is 57.5 Å². The largest absolute Gasteiger partial charge is 0.479 e. The van der Waals surface area contributed by atoms with Crippen molar-refractivity contribution in [2.24, 2.45) is 0 Å². The van der Waals surface area contributed by atoms with Crippen molar-refractivity contribution >= 4 is 45.1 Å². The Morgan fingerprint density at radius 1 is 1.00 bits per heavy atom. The number of hydrogen-bond acceptors (Lipinski definition) is 2. The average molecular weight is 428 g/mol. The number of aliphatic carboxylic acids is 1. The highest BCUT2D eigenvalue weighted by Crippen LogP contribution is 2.33. The van der Waals surface area contributed by atoms with Gasteiger partial charge in [-0.05, 0) is 30.1 Å². The second-order valence-corrected chi connectivity index (χ2v) is 5.09. The number of aliphatic hydroxyl groups is 1. The van der Waals surface area contributed by atoms with E-state index in [2.05, 4.69) is 15.9 Å². The monoisotopic (exact) mass is 426 g/mol. The van der Waals surface area contributed by atoms with Crippen molar-refractivity contribution < 1.29 is 23.8 Å². The zero-order chi connectivity index (χ0) is 17.8. The molecule has 2 aromatic rings. The Morgan fingerprint density at radius 3 is 1.61 bits per heavy atom. The molecule has 0 atom stereocenters. The Kier molecular flexibility index (Phi) is 6.95. The van der Waals surface area contributed by atoms with E-state index in [1.54, 1.807) is 0 Å². The van der Waals surface area contributed by atoms with Crippen LogP contribution in [0.4, 0.5) is 8.78 Å². The standard InChI is InChI=1S/C14H8Cl2F2O3.CH3Br/c15-9-3-1-7(5-11(9)17)14(21,13(19)20)8-2-4-10(16)12(18)6-8;1-2/h1-6,21H,(H,19,20);1H3. The minimum Gasteiger partial charge on any atom is -0.479 e. The minimum absolute atomic E-state index is 0.228. The molecule has 8 heteroatoms. The van der Waals surface area contributed by atoms with Gasteiger partial charge in [0.15, 0.2) is 0 Å². The minimum atomic E-state index is -2.63. The third-order valence-corrected chi connectivity index (χ3v) is 3.60. The molecule has 0 radical (unpaired) electrons. The molecule has 0 bridgehead atoms. The first-order chi connectivity index (χ1) is 10.8. The van der Waals surface area contributed by atoms with E-state index in [-0.39, 0.29) is 21.2 Å². The summed E-state index contributed by atoms with van der Waals surface area (Å²) in [5, 5.41) is 19.3. The molecular formula is C15H11BrCl2F2O3. The summed E-state index contributed by atoms with van der Waals surface area (Å²) >= 11 is 14.0. The number of rotatable bonds is 3. The van der Waals surface area contributed by atoms with Crippen LogP contribution in [0.25, 0.3) is 0 Å². The van der Waals surface area contributed by atoms with Gasteiger partial charge < -0.3 is 10.2 Å². The third-order valence-electron chi connectivity index (χ3n) is 2.98. The molecule has 2 aromatic carbocycles. The van der Waals surface area contributed by atoms with Crippen molar-refractivity contribution in [1.29, 1.82) is 0 Å². The van der Waals surface area contributed by atoms with Crippen LogP contribution < -0.4 is 0 Å². The molecule has 0 spiro atoms. The Hall–Kier alpha value is -1.21.